The summed E-state index contributed by atoms with van der Waals surface area (Å²) >= 11 is 1.47. The second kappa shape index (κ2) is 10.1. The lowest BCUT2D eigenvalue weighted by Gasteiger charge is -2.09. The Morgan fingerprint density at radius 3 is 2.48 bits per heavy atom. The molecule has 0 bridgehead atoms. The van der Waals surface area contributed by atoms with Crippen LogP contribution in [0.1, 0.15) is 27.9 Å². The Bertz CT molecular complexity index is 980. The average Bonchev–Trinajstić information content (AvgIpc) is 2.73. The summed E-state index contributed by atoms with van der Waals surface area (Å²) in [6.07, 6.45) is 3.27. The van der Waals surface area contributed by atoms with E-state index in [1.165, 1.54) is 30.0 Å². The van der Waals surface area contributed by atoms with Crippen LogP contribution >= 0.6 is 11.8 Å². The standard InChI is InChI=1S/C22H19F3N2OS/c23-17-8-5-15(6-9-17)3-2-12-29-22-18(4-1-11-26-22)21(28)27-14-16-7-10-19(24)20(25)13-16/h1,4-11,13H,2-3,12,14H2,(H,27,28). The van der Waals surface area contributed by atoms with E-state index < -0.39 is 11.6 Å². The highest BCUT2D eigenvalue weighted by molar-refractivity contribution is 7.99. The Kier molecular flexibility index (Phi) is 7.30. The highest BCUT2D eigenvalue weighted by Gasteiger charge is 2.13. The van der Waals surface area contributed by atoms with E-state index in [9.17, 15) is 18.0 Å². The van der Waals surface area contributed by atoms with Crippen LogP contribution in [-0.2, 0) is 13.0 Å². The molecule has 1 heterocycles. The number of hydrogen-bond acceptors (Lipinski definition) is 3. The summed E-state index contributed by atoms with van der Waals surface area (Å²) in [7, 11) is 0. The Balaban J connectivity index is 1.53. The van der Waals surface area contributed by atoms with Gasteiger partial charge in [0.25, 0.3) is 5.91 Å². The third-order valence-electron chi connectivity index (χ3n) is 4.21. The van der Waals surface area contributed by atoms with E-state index in [1.54, 1.807) is 30.5 Å². The number of carbonyl (C=O) groups is 1. The largest absolute Gasteiger partial charge is 0.348 e. The fraction of sp³-hybridized carbons (Fsp3) is 0.182. The average molecular weight is 416 g/mol. The predicted molar refractivity (Wildman–Crippen MR) is 107 cm³/mol. The molecule has 0 unspecified atom stereocenters. The summed E-state index contributed by atoms with van der Waals surface area (Å²) in [6.45, 7) is 0.0829. The molecule has 150 valence electrons. The van der Waals surface area contributed by atoms with E-state index in [2.05, 4.69) is 10.3 Å². The van der Waals surface area contributed by atoms with Crippen molar-refractivity contribution in [3.8, 4) is 0 Å². The summed E-state index contributed by atoms with van der Waals surface area (Å²) in [6, 6.07) is 13.3. The molecule has 0 radical (unpaired) electrons. The van der Waals surface area contributed by atoms with Gasteiger partial charge in [0.15, 0.2) is 11.6 Å². The van der Waals surface area contributed by atoms with Crippen LogP contribution in [0.3, 0.4) is 0 Å². The number of pyridine rings is 1. The van der Waals surface area contributed by atoms with Crippen molar-refractivity contribution in [3.63, 3.8) is 0 Å². The minimum atomic E-state index is -0.949. The lowest BCUT2D eigenvalue weighted by atomic mass is 10.1. The molecule has 1 amide bonds. The first-order chi connectivity index (χ1) is 14.0. The van der Waals surface area contributed by atoms with Gasteiger partial charge in [-0.05, 0) is 66.1 Å². The highest BCUT2D eigenvalue weighted by atomic mass is 32.2. The molecule has 3 nitrogen and oxygen atoms in total. The van der Waals surface area contributed by atoms with Crippen molar-refractivity contribution in [3.05, 3.63) is 94.9 Å². The zero-order valence-corrected chi connectivity index (χ0v) is 16.3. The summed E-state index contributed by atoms with van der Waals surface area (Å²) in [5.41, 5.74) is 1.95. The second-order valence-corrected chi connectivity index (χ2v) is 7.45. The van der Waals surface area contributed by atoms with Crippen molar-refractivity contribution in [2.45, 2.75) is 24.4 Å². The van der Waals surface area contributed by atoms with Crippen LogP contribution in [0.15, 0.2) is 65.8 Å². The topological polar surface area (TPSA) is 42.0 Å². The molecule has 3 aromatic rings. The molecule has 0 saturated heterocycles. The molecule has 0 atom stereocenters. The summed E-state index contributed by atoms with van der Waals surface area (Å²) in [5.74, 6) is -1.71. The quantitative estimate of drug-likeness (QED) is 0.408. The molecule has 0 saturated carbocycles. The molecule has 0 fully saturated rings. The van der Waals surface area contributed by atoms with Crippen molar-refractivity contribution in [1.82, 2.24) is 10.3 Å². The number of thioether (sulfide) groups is 1. The Morgan fingerprint density at radius 2 is 1.72 bits per heavy atom. The van der Waals surface area contributed by atoms with Crippen LogP contribution in [0, 0.1) is 17.5 Å². The zero-order valence-electron chi connectivity index (χ0n) is 15.5. The molecule has 0 aliphatic carbocycles. The van der Waals surface area contributed by atoms with Crippen LogP contribution in [0.25, 0.3) is 0 Å². The molecular weight excluding hydrogens is 397 g/mol. The highest BCUT2D eigenvalue weighted by Crippen LogP contribution is 2.22. The molecule has 0 spiro atoms. The zero-order chi connectivity index (χ0) is 20.6. The first kappa shape index (κ1) is 20.9. The monoisotopic (exact) mass is 416 g/mol. The number of aryl methyl sites for hydroxylation is 1. The maximum Gasteiger partial charge on any atom is 0.254 e. The maximum atomic E-state index is 13.3. The number of rotatable bonds is 8. The van der Waals surface area contributed by atoms with Crippen molar-refractivity contribution < 1.29 is 18.0 Å². The van der Waals surface area contributed by atoms with Gasteiger partial charge in [-0.2, -0.15) is 0 Å². The van der Waals surface area contributed by atoms with Gasteiger partial charge in [0.05, 0.1) is 5.56 Å². The molecule has 1 aromatic heterocycles. The molecule has 7 heteroatoms. The molecule has 1 N–H and O–H groups in total. The van der Waals surface area contributed by atoms with Gasteiger partial charge in [0, 0.05) is 12.7 Å². The van der Waals surface area contributed by atoms with E-state index in [1.807, 2.05) is 0 Å². The van der Waals surface area contributed by atoms with Gasteiger partial charge in [0.2, 0.25) is 0 Å². The molecule has 0 aliphatic rings. The van der Waals surface area contributed by atoms with Crippen molar-refractivity contribution in [1.29, 1.82) is 0 Å². The molecule has 29 heavy (non-hydrogen) atoms. The van der Waals surface area contributed by atoms with Crippen molar-refractivity contribution >= 4 is 17.7 Å². The molecule has 3 rings (SSSR count). The van der Waals surface area contributed by atoms with Crippen LogP contribution in [0.4, 0.5) is 13.2 Å². The number of carbonyl (C=O) groups excluding carboxylic acids is 1. The number of nitrogens with zero attached hydrogens (tertiary/aromatic N) is 1. The van der Waals surface area contributed by atoms with Gasteiger partial charge in [-0.3, -0.25) is 4.79 Å². The first-order valence-electron chi connectivity index (χ1n) is 9.07. The normalized spacial score (nSPS) is 10.7. The van der Waals surface area contributed by atoms with Crippen LogP contribution in [0.5, 0.6) is 0 Å². The van der Waals surface area contributed by atoms with Crippen molar-refractivity contribution in [2.24, 2.45) is 0 Å². The molecular formula is C22H19F3N2OS. The van der Waals surface area contributed by atoms with Gasteiger partial charge in [0.1, 0.15) is 10.8 Å². The smallest absolute Gasteiger partial charge is 0.254 e. The fourth-order valence-corrected chi connectivity index (χ4v) is 3.64. The van der Waals surface area contributed by atoms with Gasteiger partial charge in [-0.15, -0.1) is 11.8 Å². The minimum absolute atomic E-state index is 0.0829. The number of nitrogens with one attached hydrogen (secondary N) is 1. The van der Waals surface area contributed by atoms with Gasteiger partial charge in [-0.1, -0.05) is 18.2 Å². The Hall–Kier alpha value is -2.80. The van der Waals surface area contributed by atoms with Gasteiger partial charge in [-0.25, -0.2) is 18.2 Å². The van der Waals surface area contributed by atoms with E-state index in [0.29, 0.717) is 16.2 Å². The van der Waals surface area contributed by atoms with E-state index in [4.69, 9.17) is 0 Å². The van der Waals surface area contributed by atoms with Gasteiger partial charge < -0.3 is 5.32 Å². The third-order valence-corrected chi connectivity index (χ3v) is 5.31. The Labute approximate surface area is 171 Å². The maximum absolute atomic E-state index is 13.3. The lowest BCUT2D eigenvalue weighted by molar-refractivity contribution is 0.0947. The minimum Gasteiger partial charge on any atom is -0.348 e. The number of aromatic nitrogens is 1. The fourth-order valence-electron chi connectivity index (χ4n) is 2.70. The third kappa shape index (κ3) is 6.09. The summed E-state index contributed by atoms with van der Waals surface area (Å²) < 4.78 is 39.2. The molecule has 2 aromatic carbocycles. The second-order valence-electron chi connectivity index (χ2n) is 6.37. The number of halogens is 3. The van der Waals surface area contributed by atoms with Crippen LogP contribution in [0.2, 0.25) is 0 Å². The van der Waals surface area contributed by atoms with Crippen LogP contribution in [-0.4, -0.2) is 16.6 Å². The van der Waals surface area contributed by atoms with Crippen molar-refractivity contribution in [2.75, 3.05) is 5.75 Å². The number of amides is 1. The van der Waals surface area contributed by atoms with Gasteiger partial charge >= 0.3 is 0 Å². The summed E-state index contributed by atoms with van der Waals surface area (Å²) in [5, 5.41) is 3.31. The predicted octanol–water partition coefficient (Wildman–Crippen LogP) is 5.15. The SMILES string of the molecule is O=C(NCc1ccc(F)c(F)c1)c1cccnc1SCCCc1ccc(F)cc1. The van der Waals surface area contributed by atoms with E-state index in [-0.39, 0.29) is 18.3 Å². The lowest BCUT2D eigenvalue weighted by Crippen LogP contribution is -2.23. The Morgan fingerprint density at radius 1 is 0.966 bits per heavy atom. The van der Waals surface area contributed by atoms with E-state index >= 15 is 0 Å². The molecule has 0 aliphatic heterocycles. The number of benzene rings is 2. The summed E-state index contributed by atoms with van der Waals surface area (Å²) in [4.78, 5) is 16.8. The van der Waals surface area contributed by atoms with Crippen LogP contribution < -0.4 is 5.32 Å². The van der Waals surface area contributed by atoms with E-state index in [0.717, 1.165) is 36.3 Å². The number of hydrogen-bond donors (Lipinski definition) is 1. The first-order valence-corrected chi connectivity index (χ1v) is 10.1.